The van der Waals surface area contributed by atoms with Crippen molar-refractivity contribution in [2.45, 2.75) is 13.0 Å². The summed E-state index contributed by atoms with van der Waals surface area (Å²) in [6, 6.07) is 5.53. The van der Waals surface area contributed by atoms with Crippen LogP contribution in [0.2, 0.25) is 0 Å². The Bertz CT molecular complexity index is 915. The Balaban J connectivity index is 1.58. The Labute approximate surface area is 155 Å². The lowest BCUT2D eigenvalue weighted by atomic mass is 10.1. The number of rotatable bonds is 4. The van der Waals surface area contributed by atoms with Gasteiger partial charge in [0.05, 0.1) is 30.3 Å². The maximum Gasteiger partial charge on any atom is 0.251 e. The maximum atomic E-state index is 12.6. The molecular weight excluding hydrogens is 350 g/mol. The number of aromatic nitrogens is 3. The Morgan fingerprint density at radius 3 is 2.88 bits per heavy atom. The summed E-state index contributed by atoms with van der Waals surface area (Å²) in [4.78, 5) is 23.8. The summed E-state index contributed by atoms with van der Waals surface area (Å²) in [5.41, 5.74) is 2.44. The van der Waals surface area contributed by atoms with Gasteiger partial charge in [0.25, 0.3) is 5.91 Å². The minimum atomic E-state index is -0.120. The third-order valence-electron chi connectivity index (χ3n) is 4.58. The van der Waals surface area contributed by atoms with Crippen LogP contribution in [-0.2, 0) is 11.8 Å². The molecule has 26 heavy (non-hydrogen) atoms. The molecule has 0 radical (unpaired) electrons. The van der Waals surface area contributed by atoms with Gasteiger partial charge in [-0.15, -0.1) is 11.3 Å². The summed E-state index contributed by atoms with van der Waals surface area (Å²) < 4.78 is 7.49. The molecule has 4 rings (SSSR count). The van der Waals surface area contributed by atoms with Crippen molar-refractivity contribution in [2.24, 2.45) is 7.05 Å². The van der Waals surface area contributed by atoms with Gasteiger partial charge in [-0.05, 0) is 25.1 Å². The largest absolute Gasteiger partial charge is 0.378 e. The van der Waals surface area contributed by atoms with Crippen LogP contribution in [0.15, 0.2) is 29.8 Å². The summed E-state index contributed by atoms with van der Waals surface area (Å²) >= 11 is 1.53. The molecule has 8 heteroatoms. The Kier molecular flexibility index (Phi) is 4.60. The number of ether oxygens (including phenoxy) is 1. The van der Waals surface area contributed by atoms with Crippen molar-refractivity contribution in [2.75, 3.05) is 31.2 Å². The van der Waals surface area contributed by atoms with Crippen LogP contribution in [0.25, 0.3) is 11.0 Å². The molecule has 7 nitrogen and oxygen atoms in total. The number of hydrogen-bond donors (Lipinski definition) is 1. The molecule has 2 aromatic heterocycles. The number of nitrogens with zero attached hydrogens (tertiary/aromatic N) is 4. The summed E-state index contributed by atoms with van der Waals surface area (Å²) in [5.74, 6) is 0.796. The van der Waals surface area contributed by atoms with Crippen LogP contribution in [0, 0.1) is 0 Å². The lowest BCUT2D eigenvalue weighted by Gasteiger charge is -2.27. The molecule has 3 heterocycles. The number of nitrogens with one attached hydrogen (secondary N) is 1. The van der Waals surface area contributed by atoms with Crippen molar-refractivity contribution in [1.82, 2.24) is 19.9 Å². The van der Waals surface area contributed by atoms with Gasteiger partial charge in [-0.1, -0.05) is 0 Å². The average Bonchev–Trinajstić information content (AvgIpc) is 3.31. The van der Waals surface area contributed by atoms with E-state index in [9.17, 15) is 4.79 Å². The van der Waals surface area contributed by atoms with Crippen LogP contribution in [0.1, 0.15) is 28.3 Å². The average molecular weight is 371 g/mol. The molecule has 136 valence electrons. The van der Waals surface area contributed by atoms with Crippen molar-refractivity contribution in [3.8, 4) is 0 Å². The minimum Gasteiger partial charge on any atom is -0.378 e. The van der Waals surface area contributed by atoms with Gasteiger partial charge in [0.1, 0.15) is 5.01 Å². The van der Waals surface area contributed by atoms with E-state index in [0.717, 1.165) is 35.1 Å². The van der Waals surface area contributed by atoms with E-state index in [1.807, 2.05) is 37.6 Å². The third kappa shape index (κ3) is 3.17. The maximum absolute atomic E-state index is 12.6. The van der Waals surface area contributed by atoms with Crippen molar-refractivity contribution in [3.63, 3.8) is 0 Å². The van der Waals surface area contributed by atoms with E-state index in [2.05, 4.69) is 19.8 Å². The van der Waals surface area contributed by atoms with Gasteiger partial charge in [0.2, 0.25) is 5.95 Å². The quantitative estimate of drug-likeness (QED) is 0.762. The first-order valence-electron chi connectivity index (χ1n) is 8.63. The smallest absolute Gasteiger partial charge is 0.251 e. The zero-order chi connectivity index (χ0) is 18.1. The molecule has 0 aliphatic carbocycles. The predicted molar refractivity (Wildman–Crippen MR) is 102 cm³/mol. The molecule has 3 aromatic rings. The molecule has 1 atom stereocenters. The van der Waals surface area contributed by atoms with E-state index in [-0.39, 0.29) is 11.9 Å². The summed E-state index contributed by atoms with van der Waals surface area (Å²) in [6.07, 6.45) is 1.75. The van der Waals surface area contributed by atoms with Gasteiger partial charge in [-0.25, -0.2) is 9.97 Å². The van der Waals surface area contributed by atoms with Crippen molar-refractivity contribution in [1.29, 1.82) is 0 Å². The van der Waals surface area contributed by atoms with Gasteiger partial charge in [-0.3, -0.25) is 4.79 Å². The Morgan fingerprint density at radius 2 is 2.15 bits per heavy atom. The fourth-order valence-electron chi connectivity index (χ4n) is 3.16. The second-order valence-electron chi connectivity index (χ2n) is 6.34. The topological polar surface area (TPSA) is 72.3 Å². The molecule has 1 amide bonds. The fourth-order valence-corrected chi connectivity index (χ4v) is 3.81. The summed E-state index contributed by atoms with van der Waals surface area (Å²) in [7, 11) is 2.00. The fraction of sp³-hybridized carbons (Fsp3) is 0.389. The van der Waals surface area contributed by atoms with E-state index in [1.165, 1.54) is 11.3 Å². The number of anilines is 1. The minimum absolute atomic E-state index is 0.117. The van der Waals surface area contributed by atoms with Crippen LogP contribution in [-0.4, -0.2) is 46.7 Å². The van der Waals surface area contributed by atoms with E-state index < -0.39 is 0 Å². The van der Waals surface area contributed by atoms with E-state index in [4.69, 9.17) is 9.72 Å². The molecule has 0 saturated carbocycles. The lowest BCUT2D eigenvalue weighted by molar-refractivity contribution is 0.0940. The van der Waals surface area contributed by atoms with Crippen LogP contribution in [0.3, 0.4) is 0 Å². The van der Waals surface area contributed by atoms with E-state index >= 15 is 0 Å². The molecule has 1 N–H and O–H groups in total. The molecular formula is C18H21N5O2S. The number of aryl methyl sites for hydroxylation is 1. The molecule has 0 spiro atoms. The SMILES string of the molecule is CC(NC(=O)c1ccc2c(c1)nc(N1CCOCC1)n2C)c1nccs1. The van der Waals surface area contributed by atoms with Crippen LogP contribution >= 0.6 is 11.3 Å². The first-order valence-corrected chi connectivity index (χ1v) is 9.51. The number of benzene rings is 1. The molecule has 1 aromatic carbocycles. The Hall–Kier alpha value is -2.45. The second-order valence-corrected chi connectivity index (χ2v) is 7.27. The number of hydrogen-bond acceptors (Lipinski definition) is 6. The normalized spacial score (nSPS) is 16.0. The Morgan fingerprint density at radius 1 is 1.35 bits per heavy atom. The molecule has 1 fully saturated rings. The first-order chi connectivity index (χ1) is 12.6. The summed E-state index contributed by atoms with van der Waals surface area (Å²) in [5, 5.41) is 5.80. The number of carbonyl (C=O) groups is 1. The highest BCUT2D eigenvalue weighted by Gasteiger charge is 2.19. The van der Waals surface area contributed by atoms with Gasteiger partial charge in [0.15, 0.2) is 0 Å². The van der Waals surface area contributed by atoms with Crippen LogP contribution in [0.4, 0.5) is 5.95 Å². The predicted octanol–water partition coefficient (Wildman–Crippen LogP) is 2.36. The van der Waals surface area contributed by atoms with Crippen molar-refractivity contribution in [3.05, 3.63) is 40.3 Å². The zero-order valence-electron chi connectivity index (χ0n) is 14.8. The number of morpholine rings is 1. The number of imidazole rings is 1. The number of fused-ring (bicyclic) bond motifs is 1. The third-order valence-corrected chi connectivity index (χ3v) is 5.54. The summed E-state index contributed by atoms with van der Waals surface area (Å²) in [6.45, 7) is 5.02. The highest BCUT2D eigenvalue weighted by molar-refractivity contribution is 7.09. The van der Waals surface area contributed by atoms with Gasteiger partial charge >= 0.3 is 0 Å². The monoisotopic (exact) mass is 371 g/mol. The van der Waals surface area contributed by atoms with Gasteiger partial charge in [-0.2, -0.15) is 0 Å². The van der Waals surface area contributed by atoms with Gasteiger partial charge < -0.3 is 19.5 Å². The molecule has 1 aliphatic rings. The molecule has 1 unspecified atom stereocenters. The molecule has 0 bridgehead atoms. The van der Waals surface area contributed by atoms with Crippen molar-refractivity contribution >= 4 is 34.2 Å². The zero-order valence-corrected chi connectivity index (χ0v) is 15.6. The number of amides is 1. The molecule has 1 saturated heterocycles. The second kappa shape index (κ2) is 7.05. The highest BCUT2D eigenvalue weighted by atomic mass is 32.1. The van der Waals surface area contributed by atoms with Crippen LogP contribution in [0.5, 0.6) is 0 Å². The first kappa shape index (κ1) is 17.0. The van der Waals surface area contributed by atoms with E-state index in [0.29, 0.717) is 18.8 Å². The number of carbonyl (C=O) groups excluding carboxylic acids is 1. The van der Waals surface area contributed by atoms with Gasteiger partial charge in [0, 0.05) is 37.3 Å². The van der Waals surface area contributed by atoms with E-state index in [1.54, 1.807) is 6.20 Å². The lowest BCUT2D eigenvalue weighted by Crippen LogP contribution is -2.37. The van der Waals surface area contributed by atoms with Crippen molar-refractivity contribution < 1.29 is 9.53 Å². The molecule has 1 aliphatic heterocycles. The number of thiazole rings is 1. The standard InChI is InChI=1S/C18H21N5O2S/c1-12(17-19-5-10-26-17)20-16(24)13-3-4-15-14(11-13)21-18(22(15)2)23-6-8-25-9-7-23/h3-5,10-12H,6-9H2,1-2H3,(H,20,24). The van der Waals surface area contributed by atoms with Crippen LogP contribution < -0.4 is 10.2 Å². The highest BCUT2D eigenvalue weighted by Crippen LogP contribution is 2.23.